The van der Waals surface area contributed by atoms with Crippen molar-refractivity contribution in [2.75, 3.05) is 31.1 Å². The lowest BCUT2D eigenvalue weighted by atomic mass is 9.92. The van der Waals surface area contributed by atoms with E-state index in [1.54, 1.807) is 4.42 Å². The summed E-state index contributed by atoms with van der Waals surface area (Å²) in [5.41, 5.74) is 2.52. The van der Waals surface area contributed by atoms with Gasteiger partial charge in [0.05, 0.1) is 12.2 Å². The van der Waals surface area contributed by atoms with Crippen LogP contribution in [0.1, 0.15) is 88.2 Å². The first-order valence-corrected chi connectivity index (χ1v) is 14.8. The number of aromatic nitrogens is 4. The zero-order valence-electron chi connectivity index (χ0n) is 22.6. The van der Waals surface area contributed by atoms with Crippen molar-refractivity contribution < 1.29 is 10.2 Å². The predicted molar refractivity (Wildman–Crippen MR) is 151 cm³/mol. The minimum Gasteiger partial charge on any atom is -0.393 e. The van der Waals surface area contributed by atoms with Gasteiger partial charge in [-0.2, -0.15) is 0 Å². The summed E-state index contributed by atoms with van der Waals surface area (Å²) in [7, 11) is 0. The molecule has 2 aromatic heterocycles. The van der Waals surface area contributed by atoms with Crippen molar-refractivity contribution in [2.45, 2.75) is 89.3 Å². The van der Waals surface area contributed by atoms with E-state index in [1.807, 2.05) is 38.6 Å². The number of nitrogens with zero attached hydrogens (tertiary/aromatic N) is 6. The highest BCUT2D eigenvalue weighted by Crippen LogP contribution is 2.40. The summed E-state index contributed by atoms with van der Waals surface area (Å²) >= 11 is 11.3. The third-order valence-corrected chi connectivity index (χ3v) is 8.60. The van der Waals surface area contributed by atoms with Gasteiger partial charge in [0, 0.05) is 51.0 Å². The Bertz CT molecular complexity index is 954. The van der Waals surface area contributed by atoms with E-state index in [0.717, 1.165) is 69.6 Å². The van der Waals surface area contributed by atoms with E-state index in [9.17, 15) is 10.2 Å². The van der Waals surface area contributed by atoms with E-state index >= 15 is 0 Å². The lowest BCUT2D eigenvalue weighted by Crippen LogP contribution is -2.37. The summed E-state index contributed by atoms with van der Waals surface area (Å²) in [5.74, 6) is 3.20. The van der Waals surface area contributed by atoms with E-state index < -0.39 is 0 Å². The van der Waals surface area contributed by atoms with Crippen LogP contribution >= 0.6 is 23.4 Å². The van der Waals surface area contributed by atoms with E-state index in [0.29, 0.717) is 17.1 Å². The van der Waals surface area contributed by atoms with Gasteiger partial charge in [-0.15, -0.1) is 0 Å². The molecule has 0 radical (unpaired) electrons. The fraction of sp³-hybridized carbons (Fsp3) is 0.714. The topological polar surface area (TPSA) is 98.5 Å². The molecule has 4 aliphatic rings. The number of rotatable bonds is 5. The zero-order valence-corrected chi connectivity index (χ0v) is 24.1. The molecule has 210 valence electrons. The van der Waals surface area contributed by atoms with Crippen LogP contribution < -0.4 is 4.90 Å². The van der Waals surface area contributed by atoms with E-state index in [-0.39, 0.29) is 12.2 Å². The molecule has 2 aromatic rings. The maximum Gasteiger partial charge on any atom is 0.225 e. The molecule has 2 saturated heterocycles. The molecular weight excluding hydrogens is 523 g/mol. The van der Waals surface area contributed by atoms with E-state index in [1.165, 1.54) is 36.8 Å². The van der Waals surface area contributed by atoms with Crippen molar-refractivity contribution in [3.05, 3.63) is 41.2 Å². The first-order valence-electron chi connectivity index (χ1n) is 14.1. The SMILES string of the molecule is CC(O)C1CCN(Cl)CC1.CC(O)C1CCN(c2ncc(C3CC3)cn2)CC1.Clc1ncc(C2CC2)cn1. The number of anilines is 1. The van der Waals surface area contributed by atoms with Crippen molar-refractivity contribution in [1.82, 2.24) is 24.4 Å². The summed E-state index contributed by atoms with van der Waals surface area (Å²) in [6.45, 7) is 7.49. The second-order valence-electron chi connectivity index (χ2n) is 11.2. The second-order valence-corrected chi connectivity index (χ2v) is 12.0. The van der Waals surface area contributed by atoms with Gasteiger partial charge in [-0.05, 0) is 123 Å². The van der Waals surface area contributed by atoms with Gasteiger partial charge in [-0.3, -0.25) is 0 Å². The molecule has 2 atom stereocenters. The lowest BCUT2D eigenvalue weighted by molar-refractivity contribution is 0.0919. The molecule has 8 nitrogen and oxygen atoms in total. The van der Waals surface area contributed by atoms with Crippen molar-refractivity contribution in [1.29, 1.82) is 0 Å². The molecular formula is C28H42Cl2N6O2. The smallest absolute Gasteiger partial charge is 0.225 e. The van der Waals surface area contributed by atoms with Crippen LogP contribution in [-0.2, 0) is 0 Å². The number of aliphatic hydroxyl groups excluding tert-OH is 2. The number of hydrogen-bond donors (Lipinski definition) is 2. The fourth-order valence-corrected chi connectivity index (χ4v) is 5.30. The van der Waals surface area contributed by atoms with Crippen molar-refractivity contribution in [3.63, 3.8) is 0 Å². The average molecular weight is 566 g/mol. The van der Waals surface area contributed by atoms with Gasteiger partial charge in [0.1, 0.15) is 0 Å². The molecule has 2 aliphatic heterocycles. The molecule has 0 spiro atoms. The molecule has 0 amide bonds. The van der Waals surface area contributed by atoms with Gasteiger partial charge in [-0.25, -0.2) is 24.4 Å². The van der Waals surface area contributed by atoms with Crippen LogP contribution in [0.4, 0.5) is 5.95 Å². The Morgan fingerprint density at radius 1 is 0.684 bits per heavy atom. The molecule has 2 aliphatic carbocycles. The third kappa shape index (κ3) is 9.26. The molecule has 2 N–H and O–H groups in total. The summed E-state index contributed by atoms with van der Waals surface area (Å²) in [5, 5.41) is 19.1. The maximum atomic E-state index is 9.59. The molecule has 4 fully saturated rings. The Balaban J connectivity index is 0.000000143. The third-order valence-electron chi connectivity index (χ3n) is 8.07. The standard InChI is InChI=1S/C14H21N3O.C7H7ClN2.C7H14ClNO/c1-10(18)11-4-6-17(7-5-11)14-15-8-13(9-16-14)12-2-3-12;8-7-9-3-6(4-10-7)5-1-2-5;1-6(10)7-2-4-9(8)5-3-7/h8-12,18H,2-7H2,1H3;3-5H,1-2H2;6-7,10H,2-5H2,1H3. The highest BCUT2D eigenvalue weighted by Gasteiger charge is 2.27. The van der Waals surface area contributed by atoms with Gasteiger partial charge in [-0.1, -0.05) is 0 Å². The molecule has 2 saturated carbocycles. The largest absolute Gasteiger partial charge is 0.393 e. The van der Waals surface area contributed by atoms with E-state index in [2.05, 4.69) is 24.8 Å². The first kappa shape index (κ1) is 29.4. The average Bonchev–Trinajstić information content (AvgIpc) is 3.84. The van der Waals surface area contributed by atoms with Crippen LogP contribution in [0.15, 0.2) is 24.8 Å². The molecule has 38 heavy (non-hydrogen) atoms. The predicted octanol–water partition coefficient (Wildman–Crippen LogP) is 5.19. The molecule has 10 heteroatoms. The van der Waals surface area contributed by atoms with Gasteiger partial charge in [0.2, 0.25) is 11.2 Å². The van der Waals surface area contributed by atoms with Gasteiger partial charge < -0.3 is 15.1 Å². The Kier molecular flexibility index (Phi) is 11.0. The number of piperidine rings is 2. The van der Waals surface area contributed by atoms with Crippen LogP contribution in [0.25, 0.3) is 0 Å². The second kappa shape index (κ2) is 14.2. The van der Waals surface area contributed by atoms with Crippen LogP contribution in [-0.4, -0.2) is 73.0 Å². The summed E-state index contributed by atoms with van der Waals surface area (Å²) in [6.07, 6.45) is 16.5. The quantitative estimate of drug-likeness (QED) is 0.378. The van der Waals surface area contributed by atoms with Crippen LogP contribution in [0.5, 0.6) is 0 Å². The zero-order chi connectivity index (χ0) is 27.1. The Hall–Kier alpha value is -1.58. The van der Waals surface area contributed by atoms with Crippen molar-refractivity contribution in [3.8, 4) is 0 Å². The van der Waals surface area contributed by atoms with Crippen LogP contribution in [0, 0.1) is 11.8 Å². The van der Waals surface area contributed by atoms with Crippen molar-refractivity contribution in [2.24, 2.45) is 11.8 Å². The van der Waals surface area contributed by atoms with Gasteiger partial charge in [0.25, 0.3) is 0 Å². The fourth-order valence-electron chi connectivity index (χ4n) is 5.00. The van der Waals surface area contributed by atoms with Crippen LogP contribution in [0.2, 0.25) is 5.28 Å². The molecule has 4 heterocycles. The number of aliphatic hydroxyl groups is 2. The molecule has 6 rings (SSSR count). The Morgan fingerprint density at radius 3 is 1.47 bits per heavy atom. The van der Waals surface area contributed by atoms with Gasteiger partial charge >= 0.3 is 0 Å². The summed E-state index contributed by atoms with van der Waals surface area (Å²) in [4.78, 5) is 19.0. The maximum absolute atomic E-state index is 9.59. The highest BCUT2D eigenvalue weighted by molar-refractivity contribution is 6.28. The summed E-state index contributed by atoms with van der Waals surface area (Å²) in [6, 6.07) is 0. The van der Waals surface area contributed by atoms with Gasteiger partial charge in [0.15, 0.2) is 0 Å². The van der Waals surface area contributed by atoms with E-state index in [4.69, 9.17) is 23.4 Å². The molecule has 2 unspecified atom stereocenters. The van der Waals surface area contributed by atoms with Crippen molar-refractivity contribution >= 4 is 29.3 Å². The molecule has 0 aromatic carbocycles. The Morgan fingerprint density at radius 2 is 1.08 bits per heavy atom. The number of halogens is 2. The van der Waals surface area contributed by atoms with Crippen LogP contribution in [0.3, 0.4) is 0 Å². The summed E-state index contributed by atoms with van der Waals surface area (Å²) < 4.78 is 1.79. The normalized spacial score (nSPS) is 22.5. The lowest BCUT2D eigenvalue weighted by Gasteiger charge is -2.33. The Labute approximate surface area is 236 Å². The first-order chi connectivity index (χ1) is 18.3. The molecule has 0 bridgehead atoms. The number of hydrogen-bond acceptors (Lipinski definition) is 8. The minimum atomic E-state index is -0.190. The minimum absolute atomic E-state index is 0.162. The monoisotopic (exact) mass is 564 g/mol. The highest BCUT2D eigenvalue weighted by atomic mass is 35.5.